The standard InChI is InChI=1S/C11H9BrN4O/c12-9-7(6-4-2-1-3-5-6)16-10(13)8(15-9)11(14)17/h1-5H,(H2,13,16)(H2,14,17). The van der Waals surface area contributed by atoms with Gasteiger partial charge in [0.2, 0.25) is 0 Å². The minimum Gasteiger partial charge on any atom is -0.382 e. The Balaban J connectivity index is 2.58. The number of nitrogen functional groups attached to an aromatic ring is 1. The zero-order valence-corrected chi connectivity index (χ0v) is 10.3. The summed E-state index contributed by atoms with van der Waals surface area (Å²) in [6, 6.07) is 9.39. The molecule has 17 heavy (non-hydrogen) atoms. The fraction of sp³-hybridized carbons (Fsp3) is 0. The maximum absolute atomic E-state index is 11.0. The van der Waals surface area contributed by atoms with E-state index in [0.29, 0.717) is 10.3 Å². The largest absolute Gasteiger partial charge is 0.382 e. The molecule has 0 atom stereocenters. The number of rotatable bonds is 2. The van der Waals surface area contributed by atoms with Gasteiger partial charge in [-0.25, -0.2) is 9.97 Å². The normalized spacial score (nSPS) is 10.2. The van der Waals surface area contributed by atoms with Crippen molar-refractivity contribution in [2.75, 3.05) is 5.73 Å². The molecule has 0 fully saturated rings. The van der Waals surface area contributed by atoms with Crippen molar-refractivity contribution in [2.45, 2.75) is 0 Å². The highest BCUT2D eigenvalue weighted by Gasteiger charge is 2.14. The van der Waals surface area contributed by atoms with Crippen LogP contribution in [-0.2, 0) is 0 Å². The summed E-state index contributed by atoms with van der Waals surface area (Å²) in [5.41, 5.74) is 12.2. The summed E-state index contributed by atoms with van der Waals surface area (Å²) >= 11 is 3.25. The van der Waals surface area contributed by atoms with Gasteiger partial charge in [0.05, 0.1) is 0 Å². The second-order valence-electron chi connectivity index (χ2n) is 3.33. The second-order valence-corrected chi connectivity index (χ2v) is 4.08. The van der Waals surface area contributed by atoms with Crippen LogP contribution in [0.25, 0.3) is 11.3 Å². The Labute approximate surface area is 106 Å². The maximum Gasteiger partial charge on any atom is 0.271 e. The third kappa shape index (κ3) is 2.26. The molecule has 2 aromatic rings. The molecular weight excluding hydrogens is 284 g/mol. The average molecular weight is 293 g/mol. The number of hydrogen-bond donors (Lipinski definition) is 2. The average Bonchev–Trinajstić information content (AvgIpc) is 2.32. The zero-order chi connectivity index (χ0) is 12.4. The number of nitrogens with two attached hydrogens (primary N) is 2. The molecule has 1 aromatic carbocycles. The maximum atomic E-state index is 11.0. The van der Waals surface area contributed by atoms with Crippen LogP contribution < -0.4 is 11.5 Å². The van der Waals surface area contributed by atoms with E-state index in [1.165, 1.54) is 0 Å². The number of aromatic nitrogens is 2. The molecule has 0 aliphatic rings. The first-order valence-corrected chi connectivity index (χ1v) is 5.57. The molecule has 0 aliphatic carbocycles. The molecule has 0 bridgehead atoms. The fourth-order valence-corrected chi connectivity index (χ4v) is 1.88. The van der Waals surface area contributed by atoms with Gasteiger partial charge >= 0.3 is 0 Å². The highest BCUT2D eigenvalue weighted by molar-refractivity contribution is 9.10. The summed E-state index contributed by atoms with van der Waals surface area (Å²) < 4.78 is 0.437. The molecule has 5 nitrogen and oxygen atoms in total. The lowest BCUT2D eigenvalue weighted by Crippen LogP contribution is -2.17. The van der Waals surface area contributed by atoms with Gasteiger partial charge in [0.25, 0.3) is 5.91 Å². The predicted molar refractivity (Wildman–Crippen MR) is 68.1 cm³/mol. The molecule has 2 rings (SSSR count). The van der Waals surface area contributed by atoms with Gasteiger partial charge in [0.1, 0.15) is 10.3 Å². The van der Waals surface area contributed by atoms with Gasteiger partial charge in [0, 0.05) is 5.56 Å². The highest BCUT2D eigenvalue weighted by Crippen LogP contribution is 2.26. The smallest absolute Gasteiger partial charge is 0.271 e. The van der Waals surface area contributed by atoms with Gasteiger partial charge in [-0.15, -0.1) is 0 Å². The second kappa shape index (κ2) is 4.50. The molecule has 0 unspecified atom stereocenters. The third-order valence-electron chi connectivity index (χ3n) is 2.16. The summed E-state index contributed by atoms with van der Waals surface area (Å²) in [5.74, 6) is -0.671. The topological polar surface area (TPSA) is 94.9 Å². The van der Waals surface area contributed by atoms with Crippen molar-refractivity contribution in [1.82, 2.24) is 9.97 Å². The van der Waals surface area contributed by atoms with Crippen LogP contribution in [0.4, 0.5) is 5.82 Å². The molecule has 0 aliphatic heterocycles. The van der Waals surface area contributed by atoms with Crippen molar-refractivity contribution in [2.24, 2.45) is 5.73 Å². The van der Waals surface area contributed by atoms with Crippen LogP contribution in [0.3, 0.4) is 0 Å². The number of anilines is 1. The lowest BCUT2D eigenvalue weighted by molar-refractivity contribution is 0.0996. The van der Waals surface area contributed by atoms with Crippen LogP contribution in [0.1, 0.15) is 10.5 Å². The van der Waals surface area contributed by atoms with Crippen LogP contribution in [0.2, 0.25) is 0 Å². The van der Waals surface area contributed by atoms with Crippen LogP contribution in [0.5, 0.6) is 0 Å². The molecule has 1 heterocycles. The third-order valence-corrected chi connectivity index (χ3v) is 2.71. The number of hydrogen-bond acceptors (Lipinski definition) is 4. The summed E-state index contributed by atoms with van der Waals surface area (Å²) in [4.78, 5) is 19.2. The van der Waals surface area contributed by atoms with Crippen LogP contribution >= 0.6 is 15.9 Å². The number of amides is 1. The van der Waals surface area contributed by atoms with E-state index < -0.39 is 5.91 Å². The van der Waals surface area contributed by atoms with E-state index in [0.717, 1.165) is 5.56 Å². The molecule has 0 saturated heterocycles. The van der Waals surface area contributed by atoms with Gasteiger partial charge in [-0.05, 0) is 15.9 Å². The van der Waals surface area contributed by atoms with E-state index in [-0.39, 0.29) is 11.5 Å². The van der Waals surface area contributed by atoms with E-state index in [2.05, 4.69) is 25.9 Å². The summed E-state index contributed by atoms with van der Waals surface area (Å²) in [6.07, 6.45) is 0. The van der Waals surface area contributed by atoms with E-state index >= 15 is 0 Å². The molecule has 0 spiro atoms. The minimum absolute atomic E-state index is 0.0274. The molecule has 4 N–H and O–H groups in total. The summed E-state index contributed by atoms with van der Waals surface area (Å²) in [7, 11) is 0. The number of carbonyl (C=O) groups excluding carboxylic acids is 1. The van der Waals surface area contributed by atoms with E-state index in [1.807, 2.05) is 30.3 Å². The minimum atomic E-state index is -0.699. The van der Waals surface area contributed by atoms with Crippen molar-refractivity contribution in [3.8, 4) is 11.3 Å². The number of benzene rings is 1. The van der Waals surface area contributed by atoms with E-state index in [1.54, 1.807) is 0 Å². The van der Waals surface area contributed by atoms with Crippen molar-refractivity contribution in [1.29, 1.82) is 0 Å². The first-order valence-electron chi connectivity index (χ1n) is 4.78. The van der Waals surface area contributed by atoms with Crippen molar-refractivity contribution >= 4 is 27.7 Å². The fourth-order valence-electron chi connectivity index (χ4n) is 1.39. The Morgan fingerprint density at radius 1 is 1.18 bits per heavy atom. The molecule has 1 aromatic heterocycles. The molecule has 86 valence electrons. The van der Waals surface area contributed by atoms with Gasteiger partial charge in [0.15, 0.2) is 11.5 Å². The Bertz CT molecular complexity index is 571. The van der Waals surface area contributed by atoms with Crippen molar-refractivity contribution < 1.29 is 4.79 Å². The molecule has 0 radical (unpaired) electrons. The van der Waals surface area contributed by atoms with Gasteiger partial charge in [-0.2, -0.15) is 0 Å². The molecular formula is C11H9BrN4O. The summed E-state index contributed by atoms with van der Waals surface area (Å²) in [6.45, 7) is 0. The monoisotopic (exact) mass is 292 g/mol. The quantitative estimate of drug-likeness (QED) is 0.879. The molecule has 6 heteroatoms. The first kappa shape index (κ1) is 11.5. The summed E-state index contributed by atoms with van der Waals surface area (Å²) in [5, 5.41) is 0. The van der Waals surface area contributed by atoms with Crippen LogP contribution in [0.15, 0.2) is 34.9 Å². The zero-order valence-electron chi connectivity index (χ0n) is 8.72. The van der Waals surface area contributed by atoms with Crippen LogP contribution in [-0.4, -0.2) is 15.9 Å². The lowest BCUT2D eigenvalue weighted by atomic mass is 10.1. The van der Waals surface area contributed by atoms with Crippen molar-refractivity contribution in [3.05, 3.63) is 40.6 Å². The van der Waals surface area contributed by atoms with Crippen LogP contribution in [0, 0.1) is 0 Å². The van der Waals surface area contributed by atoms with Crippen molar-refractivity contribution in [3.63, 3.8) is 0 Å². The molecule has 0 saturated carbocycles. The first-order chi connectivity index (χ1) is 8.09. The number of carbonyl (C=O) groups is 1. The Morgan fingerprint density at radius 2 is 1.82 bits per heavy atom. The predicted octanol–water partition coefficient (Wildman–Crippen LogP) is 1.59. The Kier molecular flexibility index (Phi) is 3.06. The number of primary amides is 1. The van der Waals surface area contributed by atoms with Gasteiger partial charge in [-0.3, -0.25) is 4.79 Å². The van der Waals surface area contributed by atoms with Gasteiger partial charge < -0.3 is 11.5 Å². The number of halogens is 1. The van der Waals surface area contributed by atoms with Gasteiger partial charge in [-0.1, -0.05) is 30.3 Å². The Hall–Kier alpha value is -1.95. The SMILES string of the molecule is NC(=O)c1nc(Br)c(-c2ccccc2)nc1N. The highest BCUT2D eigenvalue weighted by atomic mass is 79.9. The van der Waals surface area contributed by atoms with E-state index in [4.69, 9.17) is 11.5 Å². The number of nitrogens with zero attached hydrogens (tertiary/aromatic N) is 2. The van der Waals surface area contributed by atoms with E-state index in [9.17, 15) is 4.79 Å². The lowest BCUT2D eigenvalue weighted by Gasteiger charge is -2.06. The Morgan fingerprint density at radius 3 is 2.41 bits per heavy atom. The molecule has 1 amide bonds.